The Morgan fingerprint density at radius 3 is 2.69 bits per heavy atom. The first-order chi connectivity index (χ1) is 12.5. The number of benzene rings is 2. The van der Waals surface area contributed by atoms with Crippen LogP contribution in [0.3, 0.4) is 0 Å². The maximum Gasteiger partial charge on any atom is 0.198 e. The molecule has 0 unspecified atom stereocenters. The number of anilines is 1. The van der Waals surface area contributed by atoms with Gasteiger partial charge in [-0.15, -0.1) is 0 Å². The summed E-state index contributed by atoms with van der Waals surface area (Å²) in [5, 5.41) is 2.50. The number of hydroxylamine groups is 1. The minimum absolute atomic E-state index is 0.0818. The molecule has 1 aliphatic heterocycles. The zero-order valence-corrected chi connectivity index (χ0v) is 14.8. The van der Waals surface area contributed by atoms with Crippen LogP contribution < -0.4 is 10.5 Å². The number of rotatable bonds is 3. The Kier molecular flexibility index (Phi) is 4.26. The smallest absolute Gasteiger partial charge is 0.198 e. The van der Waals surface area contributed by atoms with E-state index < -0.39 is 12.1 Å². The summed E-state index contributed by atoms with van der Waals surface area (Å²) in [7, 11) is 0. The summed E-state index contributed by atoms with van der Waals surface area (Å²) in [4.78, 5) is 30.8. The number of nitrogens with zero attached hydrogens (tertiary/aromatic N) is 1. The summed E-state index contributed by atoms with van der Waals surface area (Å²) in [5.41, 5.74) is 1.50. The maximum absolute atomic E-state index is 13.0. The average Bonchev–Trinajstić information content (AvgIpc) is 3.09. The monoisotopic (exact) mass is 369 g/mol. The highest BCUT2D eigenvalue weighted by molar-refractivity contribution is 6.31. The van der Waals surface area contributed by atoms with Crippen LogP contribution in [-0.2, 0) is 9.63 Å². The number of ketones is 1. The highest BCUT2D eigenvalue weighted by Crippen LogP contribution is 2.37. The summed E-state index contributed by atoms with van der Waals surface area (Å²) in [6.45, 7) is 1.48. The zero-order valence-electron chi connectivity index (χ0n) is 14.0. The fourth-order valence-electron chi connectivity index (χ4n) is 3.21. The van der Waals surface area contributed by atoms with Crippen molar-refractivity contribution in [3.63, 3.8) is 0 Å². The molecule has 0 bridgehead atoms. The van der Waals surface area contributed by atoms with Gasteiger partial charge in [-0.3, -0.25) is 14.4 Å². The van der Waals surface area contributed by atoms with Crippen molar-refractivity contribution in [2.24, 2.45) is 0 Å². The molecule has 0 radical (unpaired) electrons. The van der Waals surface area contributed by atoms with E-state index in [9.17, 15) is 9.59 Å². The third-order valence-electron chi connectivity index (χ3n) is 4.55. The van der Waals surface area contributed by atoms with Crippen molar-refractivity contribution in [1.82, 2.24) is 0 Å². The molecule has 2 heterocycles. The van der Waals surface area contributed by atoms with Crippen molar-refractivity contribution in [2.45, 2.75) is 25.5 Å². The molecule has 2 atom stereocenters. The minimum Gasteiger partial charge on any atom is -0.464 e. The molecule has 0 aliphatic carbocycles. The van der Waals surface area contributed by atoms with Crippen LogP contribution in [0.25, 0.3) is 11.0 Å². The Bertz CT molecular complexity index is 1030. The van der Waals surface area contributed by atoms with Gasteiger partial charge in [0.1, 0.15) is 18.0 Å². The Balaban J connectivity index is 1.84. The minimum atomic E-state index is -0.602. The molecule has 5 nitrogen and oxygen atoms in total. The number of carbonyl (C=O) groups is 1. The SMILES string of the molecule is CC(=O)[C@@H]1C[C@@H](c2coc3ccc(Cl)cc3c2=O)N(c2ccccc2)O1. The van der Waals surface area contributed by atoms with Crippen LogP contribution in [0.2, 0.25) is 5.02 Å². The Morgan fingerprint density at radius 2 is 1.96 bits per heavy atom. The third kappa shape index (κ3) is 2.89. The number of para-hydroxylation sites is 1. The molecule has 132 valence electrons. The van der Waals surface area contributed by atoms with E-state index in [0.717, 1.165) is 5.69 Å². The van der Waals surface area contributed by atoms with Crippen LogP contribution in [0.5, 0.6) is 0 Å². The molecule has 0 N–H and O–H groups in total. The zero-order chi connectivity index (χ0) is 18.3. The maximum atomic E-state index is 13.0. The van der Waals surface area contributed by atoms with E-state index in [4.69, 9.17) is 20.9 Å². The predicted molar refractivity (Wildman–Crippen MR) is 99.3 cm³/mol. The molecule has 0 amide bonds. The second kappa shape index (κ2) is 6.59. The first-order valence-electron chi connectivity index (χ1n) is 8.27. The molecular formula is C20H16ClNO4. The van der Waals surface area contributed by atoms with Gasteiger partial charge in [-0.05, 0) is 37.3 Å². The number of fused-ring (bicyclic) bond motifs is 1. The standard InChI is InChI=1S/C20H16ClNO4/c1-12(23)19-10-17(22(26-19)14-5-3-2-4-6-14)16-11-25-18-8-7-13(21)9-15(18)20(16)24/h2-9,11,17,19H,10H2,1H3/t17-,19-/m0/s1. The number of hydrogen-bond donors (Lipinski definition) is 0. The van der Waals surface area contributed by atoms with Crippen molar-refractivity contribution >= 4 is 34.0 Å². The van der Waals surface area contributed by atoms with Crippen LogP contribution in [-0.4, -0.2) is 11.9 Å². The summed E-state index contributed by atoms with van der Waals surface area (Å²) in [6.07, 6.45) is 1.22. The van der Waals surface area contributed by atoms with Crippen molar-refractivity contribution in [1.29, 1.82) is 0 Å². The van der Waals surface area contributed by atoms with Crippen LogP contribution >= 0.6 is 11.6 Å². The molecule has 1 aromatic heterocycles. The molecular weight excluding hydrogens is 354 g/mol. The largest absolute Gasteiger partial charge is 0.464 e. The highest BCUT2D eigenvalue weighted by Gasteiger charge is 2.39. The van der Waals surface area contributed by atoms with Crippen molar-refractivity contribution in [3.05, 3.63) is 75.6 Å². The topological polar surface area (TPSA) is 59.8 Å². The molecule has 3 aromatic rings. The molecule has 0 saturated carbocycles. The van der Waals surface area contributed by atoms with Gasteiger partial charge in [0.05, 0.1) is 22.7 Å². The molecule has 6 heteroatoms. The molecule has 4 rings (SSSR count). The van der Waals surface area contributed by atoms with Crippen LogP contribution in [0.4, 0.5) is 5.69 Å². The first kappa shape index (κ1) is 16.8. The van der Waals surface area contributed by atoms with Gasteiger partial charge in [0.2, 0.25) is 0 Å². The lowest BCUT2D eigenvalue weighted by Gasteiger charge is -2.24. The number of hydrogen-bond acceptors (Lipinski definition) is 5. The Morgan fingerprint density at radius 1 is 1.19 bits per heavy atom. The van der Waals surface area contributed by atoms with E-state index in [2.05, 4.69) is 0 Å². The fourth-order valence-corrected chi connectivity index (χ4v) is 3.38. The molecule has 26 heavy (non-hydrogen) atoms. The van der Waals surface area contributed by atoms with E-state index in [0.29, 0.717) is 28.0 Å². The van der Waals surface area contributed by atoms with Gasteiger partial charge in [-0.2, -0.15) is 0 Å². The van der Waals surface area contributed by atoms with E-state index in [1.807, 2.05) is 30.3 Å². The molecule has 1 saturated heterocycles. The van der Waals surface area contributed by atoms with E-state index in [1.165, 1.54) is 13.2 Å². The van der Waals surface area contributed by atoms with Gasteiger partial charge in [-0.1, -0.05) is 29.8 Å². The second-order valence-electron chi connectivity index (χ2n) is 6.28. The van der Waals surface area contributed by atoms with Gasteiger partial charge in [-0.25, -0.2) is 5.06 Å². The quantitative estimate of drug-likeness (QED) is 0.689. The molecule has 0 spiro atoms. The third-order valence-corrected chi connectivity index (χ3v) is 4.78. The predicted octanol–water partition coefficient (Wildman–Crippen LogP) is 4.29. The van der Waals surface area contributed by atoms with Gasteiger partial charge >= 0.3 is 0 Å². The summed E-state index contributed by atoms with van der Waals surface area (Å²) in [6, 6.07) is 13.9. The number of carbonyl (C=O) groups excluding carboxylic acids is 1. The Hall–Kier alpha value is -2.63. The second-order valence-corrected chi connectivity index (χ2v) is 6.71. The van der Waals surface area contributed by atoms with Gasteiger partial charge in [0.15, 0.2) is 11.2 Å². The van der Waals surface area contributed by atoms with E-state index in [1.54, 1.807) is 23.3 Å². The van der Waals surface area contributed by atoms with Crippen LogP contribution in [0.1, 0.15) is 24.9 Å². The van der Waals surface area contributed by atoms with Gasteiger partial charge < -0.3 is 4.42 Å². The van der Waals surface area contributed by atoms with Crippen LogP contribution in [0, 0.1) is 0 Å². The van der Waals surface area contributed by atoms with Crippen molar-refractivity contribution in [3.8, 4) is 0 Å². The highest BCUT2D eigenvalue weighted by atomic mass is 35.5. The fraction of sp³-hybridized carbons (Fsp3) is 0.200. The van der Waals surface area contributed by atoms with E-state index >= 15 is 0 Å². The van der Waals surface area contributed by atoms with Crippen molar-refractivity contribution < 1.29 is 14.0 Å². The lowest BCUT2D eigenvalue weighted by atomic mass is 10.00. The number of Topliss-reactive ketones (excluding diaryl/α,β-unsaturated/α-hetero) is 1. The normalized spacial score (nSPS) is 19.8. The number of halogens is 1. The Labute approximate surface area is 154 Å². The van der Waals surface area contributed by atoms with Gasteiger partial charge in [0, 0.05) is 11.4 Å². The lowest BCUT2D eigenvalue weighted by Crippen LogP contribution is -2.26. The van der Waals surface area contributed by atoms with E-state index in [-0.39, 0.29) is 11.2 Å². The first-order valence-corrected chi connectivity index (χ1v) is 8.65. The van der Waals surface area contributed by atoms with Gasteiger partial charge in [0.25, 0.3) is 0 Å². The van der Waals surface area contributed by atoms with Crippen LogP contribution in [0.15, 0.2) is 64.0 Å². The van der Waals surface area contributed by atoms with Crippen molar-refractivity contribution in [2.75, 3.05) is 5.06 Å². The summed E-state index contributed by atoms with van der Waals surface area (Å²) in [5.74, 6) is -0.0818. The average molecular weight is 370 g/mol. The molecule has 1 fully saturated rings. The molecule has 1 aliphatic rings. The summed E-state index contributed by atoms with van der Waals surface area (Å²) >= 11 is 6.03. The lowest BCUT2D eigenvalue weighted by molar-refractivity contribution is -0.126. The molecule has 2 aromatic carbocycles. The summed E-state index contributed by atoms with van der Waals surface area (Å²) < 4.78 is 5.65.